The number of nitrogens with zero attached hydrogens (tertiary/aromatic N) is 1. The molecule has 2 heteroatoms. The molecule has 0 aliphatic heterocycles. The Balaban J connectivity index is 1.56. The van der Waals surface area contributed by atoms with Crippen LogP contribution in [0.15, 0.2) is 0 Å². The van der Waals surface area contributed by atoms with E-state index in [9.17, 15) is 0 Å². The van der Waals surface area contributed by atoms with E-state index in [1.54, 1.807) is 0 Å². The molecule has 0 radical (unpaired) electrons. The zero-order chi connectivity index (χ0) is 11.4. The van der Waals surface area contributed by atoms with E-state index < -0.39 is 0 Å². The van der Waals surface area contributed by atoms with Crippen molar-refractivity contribution in [3.8, 4) is 0 Å². The Labute approximate surface area is 101 Å². The Kier molecular flexibility index (Phi) is 4.66. The summed E-state index contributed by atoms with van der Waals surface area (Å²) in [6.45, 7) is 4.91. The van der Waals surface area contributed by atoms with Gasteiger partial charge in [-0.1, -0.05) is 19.8 Å². The second-order valence-corrected chi connectivity index (χ2v) is 5.99. The van der Waals surface area contributed by atoms with Gasteiger partial charge >= 0.3 is 0 Å². The predicted molar refractivity (Wildman–Crippen MR) is 69.7 cm³/mol. The second-order valence-electron chi connectivity index (χ2n) is 5.99. The third-order valence-electron chi connectivity index (χ3n) is 4.23. The van der Waals surface area contributed by atoms with Gasteiger partial charge < -0.3 is 10.2 Å². The smallest absolute Gasteiger partial charge is 0.00947 e. The molecule has 1 N–H and O–H groups in total. The molecule has 16 heavy (non-hydrogen) atoms. The molecule has 0 aromatic rings. The van der Waals surface area contributed by atoms with Crippen molar-refractivity contribution in [1.29, 1.82) is 0 Å². The molecule has 0 saturated heterocycles. The molecule has 0 aromatic carbocycles. The molecular formula is C14H28N2. The van der Waals surface area contributed by atoms with Gasteiger partial charge in [0, 0.05) is 12.1 Å². The van der Waals surface area contributed by atoms with Gasteiger partial charge in [-0.2, -0.15) is 0 Å². The van der Waals surface area contributed by atoms with Crippen molar-refractivity contribution in [2.75, 3.05) is 20.1 Å². The first kappa shape index (κ1) is 12.4. The summed E-state index contributed by atoms with van der Waals surface area (Å²) in [5, 5.41) is 3.60. The van der Waals surface area contributed by atoms with Gasteiger partial charge in [-0.05, 0) is 58.2 Å². The molecule has 0 bridgehead atoms. The maximum atomic E-state index is 3.60. The average Bonchev–Trinajstić information content (AvgIpc) is 3.08. The van der Waals surface area contributed by atoms with Crippen LogP contribution in [0.2, 0.25) is 0 Å². The van der Waals surface area contributed by atoms with E-state index in [1.165, 1.54) is 58.0 Å². The Morgan fingerprint density at radius 2 is 2.00 bits per heavy atom. The topological polar surface area (TPSA) is 15.3 Å². The molecular weight excluding hydrogens is 196 g/mol. The summed E-state index contributed by atoms with van der Waals surface area (Å²) in [6, 6.07) is 1.74. The number of nitrogens with one attached hydrogen (secondary N) is 1. The van der Waals surface area contributed by atoms with Crippen LogP contribution in [0.1, 0.15) is 51.9 Å². The van der Waals surface area contributed by atoms with Gasteiger partial charge in [0.2, 0.25) is 0 Å². The Morgan fingerprint density at radius 3 is 2.69 bits per heavy atom. The van der Waals surface area contributed by atoms with Crippen LogP contribution in [0.5, 0.6) is 0 Å². The van der Waals surface area contributed by atoms with Crippen LogP contribution in [-0.2, 0) is 0 Å². The molecule has 0 spiro atoms. The molecule has 2 fully saturated rings. The van der Waals surface area contributed by atoms with Crippen molar-refractivity contribution in [2.45, 2.75) is 64.0 Å². The summed E-state index contributed by atoms with van der Waals surface area (Å²) in [5.41, 5.74) is 0. The van der Waals surface area contributed by atoms with Crippen LogP contribution in [0.25, 0.3) is 0 Å². The summed E-state index contributed by atoms with van der Waals surface area (Å²) < 4.78 is 0. The highest BCUT2D eigenvalue weighted by Gasteiger charge is 2.22. The van der Waals surface area contributed by atoms with Gasteiger partial charge in [-0.25, -0.2) is 0 Å². The average molecular weight is 224 g/mol. The highest BCUT2D eigenvalue weighted by atomic mass is 15.1. The number of hydrogen-bond donors (Lipinski definition) is 1. The molecule has 2 unspecified atom stereocenters. The van der Waals surface area contributed by atoms with Gasteiger partial charge in [0.1, 0.15) is 0 Å². The quantitative estimate of drug-likeness (QED) is 0.698. The highest BCUT2D eigenvalue weighted by Crippen LogP contribution is 2.26. The van der Waals surface area contributed by atoms with Crippen LogP contribution in [-0.4, -0.2) is 37.1 Å². The van der Waals surface area contributed by atoms with Crippen molar-refractivity contribution < 1.29 is 0 Å². The van der Waals surface area contributed by atoms with Crippen LogP contribution in [0, 0.1) is 5.92 Å². The third kappa shape index (κ3) is 4.06. The summed E-state index contributed by atoms with van der Waals surface area (Å²) in [5.74, 6) is 0.950. The highest BCUT2D eigenvalue weighted by molar-refractivity contribution is 4.81. The first-order valence-electron chi connectivity index (χ1n) is 7.19. The minimum atomic E-state index is 0.865. The van der Waals surface area contributed by atoms with Crippen molar-refractivity contribution in [1.82, 2.24) is 10.2 Å². The molecule has 0 heterocycles. The monoisotopic (exact) mass is 224 g/mol. The molecule has 2 aliphatic rings. The molecule has 2 aliphatic carbocycles. The SMILES string of the molecule is CC1CCCC(N(C)CCCNC2CC2)C1. The molecule has 94 valence electrons. The largest absolute Gasteiger partial charge is 0.314 e. The molecule has 2 saturated carbocycles. The lowest BCUT2D eigenvalue weighted by Crippen LogP contribution is -2.37. The van der Waals surface area contributed by atoms with Gasteiger partial charge in [-0.3, -0.25) is 0 Å². The lowest BCUT2D eigenvalue weighted by atomic mass is 9.86. The summed E-state index contributed by atoms with van der Waals surface area (Å²) in [4.78, 5) is 2.60. The van der Waals surface area contributed by atoms with E-state index in [1.807, 2.05) is 0 Å². The summed E-state index contributed by atoms with van der Waals surface area (Å²) in [7, 11) is 2.32. The van der Waals surface area contributed by atoms with E-state index in [0.717, 1.165) is 18.0 Å². The number of hydrogen-bond acceptors (Lipinski definition) is 2. The fraction of sp³-hybridized carbons (Fsp3) is 1.00. The van der Waals surface area contributed by atoms with Crippen molar-refractivity contribution in [3.05, 3.63) is 0 Å². The summed E-state index contributed by atoms with van der Waals surface area (Å²) in [6.07, 6.45) is 9.89. The minimum Gasteiger partial charge on any atom is -0.314 e. The Hall–Kier alpha value is -0.0800. The standard InChI is InChI=1S/C14H28N2/c1-12-5-3-6-14(11-12)16(2)10-4-9-15-13-7-8-13/h12-15H,3-11H2,1-2H3. The maximum absolute atomic E-state index is 3.60. The third-order valence-corrected chi connectivity index (χ3v) is 4.23. The summed E-state index contributed by atoms with van der Waals surface area (Å²) >= 11 is 0. The van der Waals surface area contributed by atoms with Gasteiger partial charge in [0.05, 0.1) is 0 Å². The minimum absolute atomic E-state index is 0.865. The zero-order valence-corrected chi connectivity index (χ0v) is 11.0. The fourth-order valence-corrected chi connectivity index (χ4v) is 2.91. The maximum Gasteiger partial charge on any atom is 0.00947 e. The first-order valence-corrected chi connectivity index (χ1v) is 7.19. The predicted octanol–water partition coefficient (Wildman–Crippen LogP) is 2.64. The molecule has 0 aromatic heterocycles. The lowest BCUT2D eigenvalue weighted by Gasteiger charge is -2.34. The zero-order valence-electron chi connectivity index (χ0n) is 11.0. The fourth-order valence-electron chi connectivity index (χ4n) is 2.91. The van der Waals surface area contributed by atoms with E-state index in [-0.39, 0.29) is 0 Å². The van der Waals surface area contributed by atoms with Crippen LogP contribution < -0.4 is 5.32 Å². The van der Waals surface area contributed by atoms with Gasteiger partial charge in [0.15, 0.2) is 0 Å². The number of rotatable bonds is 6. The first-order chi connectivity index (χ1) is 7.75. The van der Waals surface area contributed by atoms with E-state index >= 15 is 0 Å². The van der Waals surface area contributed by atoms with Gasteiger partial charge in [0.25, 0.3) is 0 Å². The van der Waals surface area contributed by atoms with Crippen LogP contribution in [0.3, 0.4) is 0 Å². The molecule has 0 amide bonds. The van der Waals surface area contributed by atoms with E-state index in [2.05, 4.69) is 24.2 Å². The van der Waals surface area contributed by atoms with Gasteiger partial charge in [-0.15, -0.1) is 0 Å². The van der Waals surface area contributed by atoms with E-state index in [0.29, 0.717) is 0 Å². The van der Waals surface area contributed by atoms with Crippen molar-refractivity contribution in [3.63, 3.8) is 0 Å². The van der Waals surface area contributed by atoms with Crippen LogP contribution >= 0.6 is 0 Å². The van der Waals surface area contributed by atoms with Crippen LogP contribution in [0.4, 0.5) is 0 Å². The second kappa shape index (κ2) is 6.02. The van der Waals surface area contributed by atoms with E-state index in [4.69, 9.17) is 0 Å². The van der Waals surface area contributed by atoms with Crippen molar-refractivity contribution in [2.24, 2.45) is 5.92 Å². The molecule has 2 nitrogen and oxygen atoms in total. The molecule has 2 rings (SSSR count). The Bertz CT molecular complexity index is 201. The molecule has 2 atom stereocenters. The lowest BCUT2D eigenvalue weighted by molar-refractivity contribution is 0.162. The van der Waals surface area contributed by atoms with Crippen molar-refractivity contribution >= 4 is 0 Å². The Morgan fingerprint density at radius 1 is 1.19 bits per heavy atom. The normalized spacial score (nSPS) is 30.9.